The van der Waals surface area contributed by atoms with Gasteiger partial charge in [-0.1, -0.05) is 24.3 Å². The van der Waals surface area contributed by atoms with Crippen molar-refractivity contribution in [2.24, 2.45) is 0 Å². The molecule has 0 saturated heterocycles. The van der Waals surface area contributed by atoms with Gasteiger partial charge in [0.1, 0.15) is 5.84 Å². The van der Waals surface area contributed by atoms with Crippen LogP contribution in [0.5, 0.6) is 0 Å². The van der Waals surface area contributed by atoms with Gasteiger partial charge in [-0.15, -0.1) is 0 Å². The Kier molecular flexibility index (Phi) is 2.67. The summed E-state index contributed by atoms with van der Waals surface area (Å²) in [5, 5.41) is 8.32. The second kappa shape index (κ2) is 4.09. The van der Waals surface area contributed by atoms with Crippen LogP contribution >= 0.6 is 0 Å². The maximum atomic E-state index is 8.32. The number of likely N-dealkylation sites (N-methyl/N-ethyl adjacent to an activating group) is 1. The third-order valence-electron chi connectivity index (χ3n) is 4.67. The number of nitrogens with zero attached hydrogens (tertiary/aromatic N) is 2. The summed E-state index contributed by atoms with van der Waals surface area (Å²) in [6.07, 6.45) is 3.85. The highest BCUT2D eigenvalue weighted by Gasteiger charge is 2.42. The minimum atomic E-state index is 0.300. The van der Waals surface area contributed by atoms with E-state index in [1.54, 1.807) is 0 Å². The van der Waals surface area contributed by atoms with E-state index in [1.807, 2.05) is 6.07 Å². The van der Waals surface area contributed by atoms with Gasteiger partial charge in [0.05, 0.1) is 0 Å². The number of hydrogen-bond donors (Lipinski definition) is 1. The number of amidine groups is 1. The molecule has 1 aliphatic carbocycles. The van der Waals surface area contributed by atoms with Crippen molar-refractivity contribution in [3.05, 3.63) is 35.4 Å². The molecule has 0 atom stereocenters. The summed E-state index contributed by atoms with van der Waals surface area (Å²) in [6, 6.07) is 8.32. The van der Waals surface area contributed by atoms with Gasteiger partial charge in [0.2, 0.25) is 0 Å². The van der Waals surface area contributed by atoms with E-state index in [-0.39, 0.29) is 0 Å². The van der Waals surface area contributed by atoms with E-state index in [2.05, 4.69) is 42.1 Å². The molecule has 3 rings (SSSR count). The minimum Gasteiger partial charge on any atom is -0.350 e. The van der Waals surface area contributed by atoms with Crippen LogP contribution in [0.4, 0.5) is 0 Å². The van der Waals surface area contributed by atoms with Gasteiger partial charge in [0.15, 0.2) is 0 Å². The Bertz CT molecular complexity index is 474. The van der Waals surface area contributed by atoms with Gasteiger partial charge in [0, 0.05) is 24.2 Å². The minimum absolute atomic E-state index is 0.300. The lowest BCUT2D eigenvalue weighted by Gasteiger charge is -2.49. The Morgan fingerprint density at radius 1 is 1.28 bits per heavy atom. The Hall–Kier alpha value is -1.35. The first kappa shape index (κ1) is 11.7. The number of benzene rings is 1. The quantitative estimate of drug-likeness (QED) is 0.883. The SMILES string of the molecule is CN(C)C1(CN2Cc3ccccc3C2=N)CCC1. The highest BCUT2D eigenvalue weighted by Crippen LogP contribution is 2.38. The van der Waals surface area contributed by atoms with Crippen molar-refractivity contribution >= 4 is 5.84 Å². The predicted octanol–water partition coefficient (Wildman–Crippen LogP) is 2.31. The predicted molar refractivity (Wildman–Crippen MR) is 73.9 cm³/mol. The van der Waals surface area contributed by atoms with Crippen molar-refractivity contribution in [1.82, 2.24) is 9.80 Å². The molecule has 3 heteroatoms. The third-order valence-corrected chi connectivity index (χ3v) is 4.67. The Balaban J connectivity index is 1.79. The largest absolute Gasteiger partial charge is 0.350 e. The fourth-order valence-electron chi connectivity index (χ4n) is 3.17. The first-order valence-electron chi connectivity index (χ1n) is 6.72. The molecular formula is C15H21N3. The van der Waals surface area contributed by atoms with Crippen LogP contribution in [0.3, 0.4) is 0 Å². The molecule has 0 bridgehead atoms. The molecule has 3 nitrogen and oxygen atoms in total. The van der Waals surface area contributed by atoms with Gasteiger partial charge in [-0.2, -0.15) is 0 Å². The molecule has 96 valence electrons. The van der Waals surface area contributed by atoms with Crippen LogP contribution in [-0.2, 0) is 6.54 Å². The fourth-order valence-corrected chi connectivity index (χ4v) is 3.17. The third kappa shape index (κ3) is 1.65. The van der Waals surface area contributed by atoms with Gasteiger partial charge < -0.3 is 9.80 Å². The number of rotatable bonds is 3. The van der Waals surface area contributed by atoms with Gasteiger partial charge in [0.25, 0.3) is 0 Å². The average Bonchev–Trinajstić information content (AvgIpc) is 2.61. The standard InChI is InChI=1S/C15H21N3/c1-17(2)15(8-5-9-15)11-18-10-12-6-3-4-7-13(12)14(18)16/h3-4,6-7,16H,5,8-11H2,1-2H3. The number of nitrogens with one attached hydrogen (secondary N) is 1. The Labute approximate surface area is 109 Å². The van der Waals surface area contributed by atoms with Gasteiger partial charge in [-0.05, 0) is 38.9 Å². The fraction of sp³-hybridized carbons (Fsp3) is 0.533. The van der Waals surface area contributed by atoms with E-state index >= 15 is 0 Å². The summed E-state index contributed by atoms with van der Waals surface area (Å²) in [4.78, 5) is 4.59. The zero-order chi connectivity index (χ0) is 12.8. The second-order valence-electron chi connectivity index (χ2n) is 5.83. The topological polar surface area (TPSA) is 30.3 Å². The van der Waals surface area contributed by atoms with Gasteiger partial charge in [-0.3, -0.25) is 5.41 Å². The average molecular weight is 243 g/mol. The normalized spacial score (nSPS) is 21.1. The molecule has 1 aliphatic heterocycles. The van der Waals surface area contributed by atoms with E-state index < -0.39 is 0 Å². The van der Waals surface area contributed by atoms with E-state index in [4.69, 9.17) is 5.41 Å². The Morgan fingerprint density at radius 2 is 2.00 bits per heavy atom. The monoisotopic (exact) mass is 243 g/mol. The highest BCUT2D eigenvalue weighted by atomic mass is 15.3. The summed E-state index contributed by atoms with van der Waals surface area (Å²) < 4.78 is 0. The van der Waals surface area contributed by atoms with E-state index in [0.717, 1.165) is 18.7 Å². The van der Waals surface area contributed by atoms with E-state index in [9.17, 15) is 0 Å². The maximum Gasteiger partial charge on any atom is 0.128 e. The van der Waals surface area contributed by atoms with Crippen LogP contribution < -0.4 is 0 Å². The van der Waals surface area contributed by atoms with Crippen LogP contribution in [-0.4, -0.2) is 41.8 Å². The van der Waals surface area contributed by atoms with Crippen molar-refractivity contribution < 1.29 is 0 Å². The summed E-state index contributed by atoms with van der Waals surface area (Å²) in [6.45, 7) is 1.90. The molecule has 0 spiro atoms. The molecule has 1 heterocycles. The van der Waals surface area contributed by atoms with Crippen LogP contribution in [0.25, 0.3) is 0 Å². The lowest BCUT2D eigenvalue weighted by molar-refractivity contribution is 0.0379. The van der Waals surface area contributed by atoms with Crippen molar-refractivity contribution in [3.8, 4) is 0 Å². The molecule has 0 amide bonds. The summed E-state index contributed by atoms with van der Waals surface area (Å²) >= 11 is 0. The van der Waals surface area contributed by atoms with E-state index in [0.29, 0.717) is 11.4 Å². The molecule has 1 N–H and O–H groups in total. The zero-order valence-corrected chi connectivity index (χ0v) is 11.2. The first-order valence-corrected chi connectivity index (χ1v) is 6.72. The molecule has 1 aromatic rings. The number of hydrogen-bond acceptors (Lipinski definition) is 2. The van der Waals surface area contributed by atoms with Crippen molar-refractivity contribution in [2.75, 3.05) is 20.6 Å². The lowest BCUT2D eigenvalue weighted by Crippen LogP contribution is -2.57. The summed E-state index contributed by atoms with van der Waals surface area (Å²) in [5.74, 6) is 0.707. The molecule has 18 heavy (non-hydrogen) atoms. The second-order valence-corrected chi connectivity index (χ2v) is 5.83. The van der Waals surface area contributed by atoms with E-state index in [1.165, 1.54) is 24.8 Å². The van der Waals surface area contributed by atoms with Gasteiger partial charge >= 0.3 is 0 Å². The molecule has 0 aromatic heterocycles. The molecule has 2 aliphatic rings. The Morgan fingerprint density at radius 3 is 2.56 bits per heavy atom. The summed E-state index contributed by atoms with van der Waals surface area (Å²) in [7, 11) is 4.35. The molecule has 1 aromatic carbocycles. The smallest absolute Gasteiger partial charge is 0.128 e. The van der Waals surface area contributed by atoms with Crippen molar-refractivity contribution in [2.45, 2.75) is 31.3 Å². The van der Waals surface area contributed by atoms with Crippen LogP contribution in [0.1, 0.15) is 30.4 Å². The molecular weight excluding hydrogens is 222 g/mol. The van der Waals surface area contributed by atoms with Crippen molar-refractivity contribution in [1.29, 1.82) is 5.41 Å². The molecule has 0 radical (unpaired) electrons. The first-order chi connectivity index (χ1) is 8.62. The van der Waals surface area contributed by atoms with Crippen LogP contribution in [0.15, 0.2) is 24.3 Å². The van der Waals surface area contributed by atoms with Crippen LogP contribution in [0, 0.1) is 5.41 Å². The summed E-state index contributed by atoms with van der Waals surface area (Å²) in [5.41, 5.74) is 2.72. The van der Waals surface area contributed by atoms with Crippen LogP contribution in [0.2, 0.25) is 0 Å². The van der Waals surface area contributed by atoms with Crippen molar-refractivity contribution in [3.63, 3.8) is 0 Å². The molecule has 0 unspecified atom stereocenters. The van der Waals surface area contributed by atoms with Gasteiger partial charge in [-0.25, -0.2) is 0 Å². The maximum absolute atomic E-state index is 8.32. The number of fused-ring (bicyclic) bond motifs is 1. The lowest BCUT2D eigenvalue weighted by atomic mass is 9.75. The zero-order valence-electron chi connectivity index (χ0n) is 11.2. The highest BCUT2D eigenvalue weighted by molar-refractivity contribution is 6.00. The molecule has 1 fully saturated rings. The molecule has 1 saturated carbocycles.